The maximum absolute atomic E-state index is 13.0. The van der Waals surface area contributed by atoms with Gasteiger partial charge in [0.25, 0.3) is 0 Å². The lowest BCUT2D eigenvalue weighted by Gasteiger charge is -2.35. The molecule has 1 fully saturated rings. The van der Waals surface area contributed by atoms with Crippen LogP contribution < -0.4 is 0 Å². The number of aryl methyl sites for hydroxylation is 1. The van der Waals surface area contributed by atoms with Gasteiger partial charge in [0.15, 0.2) is 0 Å². The summed E-state index contributed by atoms with van der Waals surface area (Å²) in [5, 5.41) is 6.94. The van der Waals surface area contributed by atoms with E-state index in [-0.39, 0.29) is 11.9 Å². The molecule has 124 valence electrons. The number of fused-ring (bicyclic) bond motifs is 1. The molecular weight excluding hydrogens is 306 g/mol. The first-order valence-corrected chi connectivity index (χ1v) is 8.03. The molecule has 0 spiro atoms. The third-order valence-electron chi connectivity index (χ3n) is 4.48. The molecule has 3 aromatic heterocycles. The largest absolute Gasteiger partial charge is 0.377 e. The second-order valence-corrected chi connectivity index (χ2v) is 5.94. The number of aromatic amines is 1. The topological polar surface area (TPSA) is 75.5 Å². The Kier molecular flexibility index (Phi) is 3.78. The van der Waals surface area contributed by atoms with Crippen molar-refractivity contribution < 1.29 is 9.53 Å². The first kappa shape index (κ1) is 14.9. The molecule has 0 aromatic carbocycles. The molecule has 1 N–H and O–H groups in total. The Hall–Kier alpha value is -2.67. The van der Waals surface area contributed by atoms with Gasteiger partial charge in [-0.3, -0.25) is 9.89 Å². The number of morpholine rings is 1. The number of aromatic nitrogens is 4. The van der Waals surface area contributed by atoms with Crippen LogP contribution in [0.2, 0.25) is 0 Å². The lowest BCUT2D eigenvalue weighted by Crippen LogP contribution is -2.44. The molecule has 1 amide bonds. The normalized spacial score (nSPS) is 18.2. The Bertz CT molecular complexity index is 855. The van der Waals surface area contributed by atoms with Crippen molar-refractivity contribution in [2.24, 2.45) is 0 Å². The van der Waals surface area contributed by atoms with Gasteiger partial charge in [-0.25, -0.2) is 4.98 Å². The highest BCUT2D eigenvalue weighted by Gasteiger charge is 2.30. The minimum Gasteiger partial charge on any atom is -0.377 e. The van der Waals surface area contributed by atoms with Crippen molar-refractivity contribution >= 4 is 11.6 Å². The van der Waals surface area contributed by atoms with E-state index in [1.165, 1.54) is 0 Å². The van der Waals surface area contributed by atoms with Gasteiger partial charge in [0.05, 0.1) is 42.8 Å². The second-order valence-electron chi connectivity index (χ2n) is 5.94. The third-order valence-corrected chi connectivity index (χ3v) is 4.48. The van der Waals surface area contributed by atoms with E-state index >= 15 is 0 Å². The highest BCUT2D eigenvalue weighted by Crippen LogP contribution is 2.24. The zero-order valence-corrected chi connectivity index (χ0v) is 13.5. The van der Waals surface area contributed by atoms with Crippen LogP contribution in [0.4, 0.5) is 0 Å². The number of H-pyrrole nitrogens is 1. The van der Waals surface area contributed by atoms with Gasteiger partial charge in [0.1, 0.15) is 5.65 Å². The molecule has 7 heteroatoms. The summed E-state index contributed by atoms with van der Waals surface area (Å²) in [4.78, 5) is 19.4. The predicted molar refractivity (Wildman–Crippen MR) is 87.5 cm³/mol. The van der Waals surface area contributed by atoms with Crippen LogP contribution in [0.25, 0.3) is 5.65 Å². The summed E-state index contributed by atoms with van der Waals surface area (Å²) < 4.78 is 7.54. The van der Waals surface area contributed by atoms with E-state index in [1.54, 1.807) is 6.20 Å². The van der Waals surface area contributed by atoms with E-state index < -0.39 is 0 Å². The summed E-state index contributed by atoms with van der Waals surface area (Å²) in [7, 11) is 0. The maximum Gasteiger partial charge on any atom is 0.229 e. The summed E-state index contributed by atoms with van der Waals surface area (Å²) in [6, 6.07) is 7.61. The number of amides is 1. The van der Waals surface area contributed by atoms with Gasteiger partial charge >= 0.3 is 0 Å². The molecule has 7 nitrogen and oxygen atoms in total. The third kappa shape index (κ3) is 2.56. The zero-order chi connectivity index (χ0) is 16.5. The number of hydrogen-bond donors (Lipinski definition) is 1. The van der Waals surface area contributed by atoms with Crippen LogP contribution in [0.5, 0.6) is 0 Å². The van der Waals surface area contributed by atoms with Crippen molar-refractivity contribution in [3.05, 3.63) is 53.7 Å². The highest BCUT2D eigenvalue weighted by atomic mass is 16.5. The molecule has 3 aromatic rings. The number of ether oxygens (including phenoxy) is 1. The average Bonchev–Trinajstić information content (AvgIpc) is 3.24. The van der Waals surface area contributed by atoms with Gasteiger partial charge in [0.2, 0.25) is 5.91 Å². The van der Waals surface area contributed by atoms with E-state index in [2.05, 4.69) is 15.2 Å². The smallest absolute Gasteiger partial charge is 0.229 e. The van der Waals surface area contributed by atoms with Crippen molar-refractivity contribution in [2.75, 3.05) is 19.8 Å². The Morgan fingerprint density at radius 2 is 2.33 bits per heavy atom. The van der Waals surface area contributed by atoms with E-state index in [0.717, 1.165) is 22.7 Å². The van der Waals surface area contributed by atoms with Crippen LogP contribution in [0, 0.1) is 6.92 Å². The maximum atomic E-state index is 13.0. The Morgan fingerprint density at radius 3 is 3.17 bits per heavy atom. The summed E-state index contributed by atoms with van der Waals surface area (Å²) >= 11 is 0. The molecule has 0 bridgehead atoms. The Balaban J connectivity index is 1.61. The monoisotopic (exact) mass is 325 g/mol. The van der Waals surface area contributed by atoms with E-state index in [0.29, 0.717) is 26.2 Å². The van der Waals surface area contributed by atoms with Crippen LogP contribution in [0.15, 0.2) is 36.7 Å². The fourth-order valence-electron chi connectivity index (χ4n) is 3.23. The number of rotatable bonds is 3. The van der Waals surface area contributed by atoms with E-state index in [1.807, 2.05) is 46.7 Å². The SMILES string of the molecule is Cc1nc2ccccn2c1CC(=O)N1CCOC[C@H]1c1ccn[nH]1. The van der Waals surface area contributed by atoms with Crippen LogP contribution in [0.1, 0.15) is 23.1 Å². The highest BCUT2D eigenvalue weighted by molar-refractivity contribution is 5.79. The van der Waals surface area contributed by atoms with Gasteiger partial charge < -0.3 is 14.0 Å². The first-order valence-electron chi connectivity index (χ1n) is 8.03. The van der Waals surface area contributed by atoms with Gasteiger partial charge in [0, 0.05) is 18.9 Å². The molecule has 1 aliphatic rings. The van der Waals surface area contributed by atoms with Crippen molar-refractivity contribution in [1.82, 2.24) is 24.5 Å². The van der Waals surface area contributed by atoms with Crippen molar-refractivity contribution in [3.8, 4) is 0 Å². The fourth-order valence-corrected chi connectivity index (χ4v) is 3.23. The number of nitrogens with zero attached hydrogens (tertiary/aromatic N) is 4. The van der Waals surface area contributed by atoms with Gasteiger partial charge in [-0.05, 0) is 25.1 Å². The van der Waals surface area contributed by atoms with Crippen LogP contribution >= 0.6 is 0 Å². The van der Waals surface area contributed by atoms with Crippen LogP contribution in [0.3, 0.4) is 0 Å². The van der Waals surface area contributed by atoms with Gasteiger partial charge in [-0.15, -0.1) is 0 Å². The molecule has 0 radical (unpaired) electrons. The minimum absolute atomic E-state index is 0.0756. The lowest BCUT2D eigenvalue weighted by atomic mass is 10.1. The van der Waals surface area contributed by atoms with E-state index in [4.69, 9.17) is 4.74 Å². The van der Waals surface area contributed by atoms with Crippen molar-refractivity contribution in [3.63, 3.8) is 0 Å². The van der Waals surface area contributed by atoms with Gasteiger partial charge in [-0.2, -0.15) is 5.10 Å². The number of nitrogens with one attached hydrogen (secondary N) is 1. The quantitative estimate of drug-likeness (QED) is 0.792. The molecule has 4 heterocycles. The summed E-state index contributed by atoms with van der Waals surface area (Å²) in [6.07, 6.45) is 3.96. The van der Waals surface area contributed by atoms with Crippen LogP contribution in [-0.2, 0) is 16.0 Å². The molecule has 1 saturated heterocycles. The van der Waals surface area contributed by atoms with E-state index in [9.17, 15) is 4.79 Å². The fraction of sp³-hybridized carbons (Fsp3) is 0.353. The molecule has 24 heavy (non-hydrogen) atoms. The number of pyridine rings is 1. The molecular formula is C17H19N5O2. The number of imidazole rings is 1. The summed E-state index contributed by atoms with van der Waals surface area (Å²) in [5.41, 5.74) is 3.59. The van der Waals surface area contributed by atoms with Crippen molar-refractivity contribution in [1.29, 1.82) is 0 Å². The summed E-state index contributed by atoms with van der Waals surface area (Å²) in [5.74, 6) is 0.0756. The lowest BCUT2D eigenvalue weighted by molar-refractivity contribution is -0.139. The first-order chi connectivity index (χ1) is 11.7. The molecule has 0 aliphatic carbocycles. The zero-order valence-electron chi connectivity index (χ0n) is 13.5. The number of carbonyl (C=O) groups excluding carboxylic acids is 1. The predicted octanol–water partition coefficient (Wildman–Crippen LogP) is 1.51. The minimum atomic E-state index is -0.117. The molecule has 4 rings (SSSR count). The molecule has 0 saturated carbocycles. The van der Waals surface area contributed by atoms with Crippen LogP contribution in [-0.4, -0.2) is 50.1 Å². The molecule has 0 unspecified atom stereocenters. The molecule has 1 aliphatic heterocycles. The Labute approximate surface area is 139 Å². The van der Waals surface area contributed by atoms with Gasteiger partial charge in [-0.1, -0.05) is 6.07 Å². The average molecular weight is 325 g/mol. The standard InChI is InChI=1S/C17H19N5O2/c1-12-14(21-7-3-2-4-16(21)19-12)10-17(23)22-8-9-24-11-15(22)13-5-6-18-20-13/h2-7,15H,8-11H2,1H3,(H,18,20)/t15-/m0/s1. The Morgan fingerprint density at radius 1 is 1.42 bits per heavy atom. The molecule has 1 atom stereocenters. The number of hydrogen-bond acceptors (Lipinski definition) is 4. The number of carbonyl (C=O) groups is 1. The van der Waals surface area contributed by atoms with Crippen molar-refractivity contribution in [2.45, 2.75) is 19.4 Å². The summed E-state index contributed by atoms with van der Waals surface area (Å²) in [6.45, 7) is 3.57. The second kappa shape index (κ2) is 6.09.